The number of ketones is 1. The fraction of sp³-hybridized carbons (Fsp3) is 0.185. The number of anilines is 1. The van der Waals surface area contributed by atoms with E-state index in [1.165, 1.54) is 4.90 Å². The van der Waals surface area contributed by atoms with Gasteiger partial charge in [-0.1, -0.05) is 48.0 Å². The van der Waals surface area contributed by atoms with Crippen LogP contribution in [0.1, 0.15) is 33.9 Å². The van der Waals surface area contributed by atoms with Gasteiger partial charge in [0.1, 0.15) is 11.5 Å². The number of benzene rings is 3. The Morgan fingerprint density at radius 3 is 2.12 bits per heavy atom. The third kappa shape index (κ3) is 3.66. The van der Waals surface area contributed by atoms with Crippen molar-refractivity contribution in [3.8, 4) is 5.75 Å². The van der Waals surface area contributed by atoms with Crippen molar-refractivity contribution in [2.45, 2.75) is 26.8 Å². The molecule has 1 aliphatic rings. The first kappa shape index (κ1) is 21.4. The van der Waals surface area contributed by atoms with E-state index >= 15 is 0 Å². The minimum absolute atomic E-state index is 0.0715. The highest BCUT2D eigenvalue weighted by Gasteiger charge is 2.47. The second kappa shape index (κ2) is 8.35. The number of aryl methyl sites for hydroxylation is 3. The molecule has 1 amide bonds. The number of nitrogens with zero attached hydrogens (tertiary/aromatic N) is 1. The number of hydrogen-bond donors (Lipinski definition) is 1. The van der Waals surface area contributed by atoms with Gasteiger partial charge in [0.05, 0.1) is 18.7 Å². The third-order valence-electron chi connectivity index (χ3n) is 5.97. The number of aliphatic hydroxyl groups excluding tert-OH is 1. The fourth-order valence-electron chi connectivity index (χ4n) is 3.94. The molecule has 1 N–H and O–H groups in total. The Labute approximate surface area is 187 Å². The molecule has 0 radical (unpaired) electrons. The monoisotopic (exact) mass is 427 g/mol. The summed E-state index contributed by atoms with van der Waals surface area (Å²) in [5, 5.41) is 11.2. The molecule has 0 aliphatic carbocycles. The van der Waals surface area contributed by atoms with Gasteiger partial charge in [-0.2, -0.15) is 0 Å². The van der Waals surface area contributed by atoms with Crippen molar-refractivity contribution in [1.82, 2.24) is 0 Å². The average molecular weight is 428 g/mol. The lowest BCUT2D eigenvalue weighted by atomic mass is 9.94. The molecule has 1 saturated heterocycles. The van der Waals surface area contributed by atoms with E-state index in [0.717, 1.165) is 16.7 Å². The van der Waals surface area contributed by atoms with Crippen molar-refractivity contribution >= 4 is 23.1 Å². The van der Waals surface area contributed by atoms with E-state index in [0.29, 0.717) is 22.6 Å². The number of Topliss-reactive ketones (excluding diaryl/α,β-unsaturated/α-hetero) is 1. The molecular weight excluding hydrogens is 402 g/mol. The van der Waals surface area contributed by atoms with E-state index in [4.69, 9.17) is 4.74 Å². The first-order valence-corrected chi connectivity index (χ1v) is 10.4. The van der Waals surface area contributed by atoms with Crippen LogP contribution in [-0.2, 0) is 9.59 Å². The summed E-state index contributed by atoms with van der Waals surface area (Å²) in [5.41, 5.74) is 5.01. The minimum atomic E-state index is -0.760. The topological polar surface area (TPSA) is 66.8 Å². The summed E-state index contributed by atoms with van der Waals surface area (Å²) < 4.78 is 5.26. The second-order valence-electron chi connectivity index (χ2n) is 8.08. The highest BCUT2D eigenvalue weighted by molar-refractivity contribution is 6.51. The van der Waals surface area contributed by atoms with E-state index in [1.807, 2.05) is 63.2 Å². The number of carbonyl (C=O) groups is 2. The van der Waals surface area contributed by atoms with Gasteiger partial charge in [0, 0.05) is 11.3 Å². The van der Waals surface area contributed by atoms with Crippen LogP contribution >= 0.6 is 0 Å². The normalized spacial score (nSPS) is 17.6. The summed E-state index contributed by atoms with van der Waals surface area (Å²) in [6.07, 6.45) is 0. The predicted octanol–water partition coefficient (Wildman–Crippen LogP) is 5.25. The standard InChI is InChI=1S/C27H25NO4/c1-16-5-8-20(9-6-16)25(29)23-24(19-10-13-22(32-4)14-11-19)28(27(31)26(23)30)21-12-7-17(2)18(3)15-21/h5-15,24,29H,1-4H3/b25-23+. The second-order valence-corrected chi connectivity index (χ2v) is 8.08. The van der Waals surface area contributed by atoms with Crippen LogP contribution in [-0.4, -0.2) is 23.9 Å². The minimum Gasteiger partial charge on any atom is -0.507 e. The molecule has 32 heavy (non-hydrogen) atoms. The number of methoxy groups -OCH3 is 1. The number of carbonyl (C=O) groups excluding carboxylic acids is 2. The number of hydrogen-bond acceptors (Lipinski definition) is 4. The average Bonchev–Trinajstić information content (AvgIpc) is 3.06. The Bertz CT molecular complexity index is 1220. The lowest BCUT2D eigenvalue weighted by Crippen LogP contribution is -2.29. The van der Waals surface area contributed by atoms with E-state index in [2.05, 4.69) is 0 Å². The van der Waals surface area contributed by atoms with E-state index in [1.54, 1.807) is 31.4 Å². The predicted molar refractivity (Wildman–Crippen MR) is 125 cm³/mol. The third-order valence-corrected chi connectivity index (χ3v) is 5.97. The first-order valence-electron chi connectivity index (χ1n) is 10.4. The van der Waals surface area contributed by atoms with Crippen molar-refractivity contribution in [3.05, 3.63) is 100 Å². The Kier molecular flexibility index (Phi) is 5.57. The van der Waals surface area contributed by atoms with Gasteiger partial charge in [-0.15, -0.1) is 0 Å². The van der Waals surface area contributed by atoms with Crippen molar-refractivity contribution in [1.29, 1.82) is 0 Å². The van der Waals surface area contributed by atoms with E-state index in [9.17, 15) is 14.7 Å². The molecule has 0 spiro atoms. The Morgan fingerprint density at radius 1 is 0.875 bits per heavy atom. The molecule has 1 aliphatic heterocycles. The SMILES string of the molecule is COc1ccc(C2/C(=C(\O)c3ccc(C)cc3)C(=O)C(=O)N2c2ccc(C)c(C)c2)cc1. The molecular formula is C27H25NO4. The molecule has 3 aromatic carbocycles. The molecule has 1 fully saturated rings. The van der Waals surface area contributed by atoms with Crippen LogP contribution < -0.4 is 9.64 Å². The quantitative estimate of drug-likeness (QED) is 0.351. The summed E-state index contributed by atoms with van der Waals surface area (Å²) >= 11 is 0. The molecule has 5 nitrogen and oxygen atoms in total. The van der Waals surface area contributed by atoms with Gasteiger partial charge in [-0.25, -0.2) is 0 Å². The van der Waals surface area contributed by atoms with Gasteiger partial charge in [-0.05, 0) is 61.7 Å². The molecule has 3 aromatic rings. The van der Waals surface area contributed by atoms with Crippen LogP contribution in [0.3, 0.4) is 0 Å². The Morgan fingerprint density at radius 2 is 1.53 bits per heavy atom. The van der Waals surface area contributed by atoms with Gasteiger partial charge >= 0.3 is 0 Å². The summed E-state index contributed by atoms with van der Waals surface area (Å²) in [7, 11) is 1.58. The summed E-state index contributed by atoms with van der Waals surface area (Å²) in [4.78, 5) is 27.9. The molecule has 0 aromatic heterocycles. The zero-order chi connectivity index (χ0) is 23.0. The summed E-state index contributed by atoms with van der Waals surface area (Å²) in [6, 6.07) is 19.3. The fourth-order valence-corrected chi connectivity index (χ4v) is 3.94. The number of aliphatic hydroxyl groups is 1. The molecule has 0 saturated carbocycles. The first-order chi connectivity index (χ1) is 15.3. The van der Waals surface area contributed by atoms with Gasteiger partial charge in [0.15, 0.2) is 0 Å². The zero-order valence-corrected chi connectivity index (χ0v) is 18.5. The van der Waals surface area contributed by atoms with Crippen molar-refractivity contribution in [2.75, 3.05) is 12.0 Å². The van der Waals surface area contributed by atoms with Crippen molar-refractivity contribution in [3.63, 3.8) is 0 Å². The molecule has 1 unspecified atom stereocenters. The zero-order valence-electron chi connectivity index (χ0n) is 18.5. The molecule has 1 heterocycles. The van der Waals surface area contributed by atoms with Crippen LogP contribution in [0.2, 0.25) is 0 Å². The van der Waals surface area contributed by atoms with Crippen LogP contribution in [0.5, 0.6) is 5.75 Å². The van der Waals surface area contributed by atoms with Crippen LogP contribution in [0.15, 0.2) is 72.3 Å². The van der Waals surface area contributed by atoms with E-state index in [-0.39, 0.29) is 11.3 Å². The summed E-state index contributed by atoms with van der Waals surface area (Å²) in [6.45, 7) is 5.90. The number of amides is 1. The van der Waals surface area contributed by atoms with Crippen LogP contribution in [0, 0.1) is 20.8 Å². The molecule has 162 valence electrons. The molecule has 1 atom stereocenters. The van der Waals surface area contributed by atoms with Gasteiger partial charge < -0.3 is 9.84 Å². The largest absolute Gasteiger partial charge is 0.507 e. The van der Waals surface area contributed by atoms with Crippen molar-refractivity contribution < 1.29 is 19.4 Å². The maximum absolute atomic E-state index is 13.2. The highest BCUT2D eigenvalue weighted by Crippen LogP contribution is 2.42. The molecule has 5 heteroatoms. The maximum Gasteiger partial charge on any atom is 0.300 e. The van der Waals surface area contributed by atoms with Gasteiger partial charge in [-0.3, -0.25) is 14.5 Å². The maximum atomic E-state index is 13.2. The Balaban J connectivity index is 1.94. The highest BCUT2D eigenvalue weighted by atomic mass is 16.5. The lowest BCUT2D eigenvalue weighted by Gasteiger charge is -2.26. The lowest BCUT2D eigenvalue weighted by molar-refractivity contribution is -0.132. The Hall–Kier alpha value is -3.86. The van der Waals surface area contributed by atoms with E-state index < -0.39 is 17.7 Å². The van der Waals surface area contributed by atoms with Gasteiger partial charge in [0.25, 0.3) is 11.7 Å². The molecule has 4 rings (SSSR count). The summed E-state index contributed by atoms with van der Waals surface area (Å²) in [5.74, 6) is -0.893. The number of rotatable bonds is 4. The van der Waals surface area contributed by atoms with Crippen LogP contribution in [0.4, 0.5) is 5.69 Å². The van der Waals surface area contributed by atoms with Crippen molar-refractivity contribution in [2.24, 2.45) is 0 Å². The van der Waals surface area contributed by atoms with Gasteiger partial charge in [0.2, 0.25) is 0 Å². The number of ether oxygens (including phenoxy) is 1. The van der Waals surface area contributed by atoms with Crippen LogP contribution in [0.25, 0.3) is 5.76 Å². The molecule has 0 bridgehead atoms. The smallest absolute Gasteiger partial charge is 0.300 e.